The minimum absolute atomic E-state index is 0.0158. The molecule has 0 saturated carbocycles. The number of ether oxygens (including phenoxy) is 2. The minimum atomic E-state index is -0.292. The molecule has 0 unspecified atom stereocenters. The van der Waals surface area contributed by atoms with Gasteiger partial charge in [0, 0.05) is 23.0 Å². The Bertz CT molecular complexity index is 1090. The highest BCUT2D eigenvalue weighted by atomic mass is 35.5. The summed E-state index contributed by atoms with van der Waals surface area (Å²) in [5.41, 5.74) is 1.86. The second kappa shape index (κ2) is 10.1. The zero-order valence-electron chi connectivity index (χ0n) is 17.7. The summed E-state index contributed by atoms with van der Waals surface area (Å²) in [6, 6.07) is 7.06. The molecule has 0 atom stereocenters. The first-order valence-corrected chi connectivity index (χ1v) is 12.2. The first kappa shape index (κ1) is 22.8. The van der Waals surface area contributed by atoms with Crippen molar-refractivity contribution < 1.29 is 19.1 Å². The number of aryl methyl sites for hydroxylation is 1. The van der Waals surface area contributed by atoms with Gasteiger partial charge in [-0.05, 0) is 48.2 Å². The Labute approximate surface area is 199 Å². The molecule has 4 rings (SSSR count). The van der Waals surface area contributed by atoms with Crippen LogP contribution in [0.3, 0.4) is 0 Å². The lowest BCUT2D eigenvalue weighted by Gasteiger charge is -2.27. The molecule has 1 saturated heterocycles. The van der Waals surface area contributed by atoms with Crippen LogP contribution in [0, 0.1) is 6.92 Å². The van der Waals surface area contributed by atoms with Crippen LogP contribution in [0.1, 0.15) is 10.4 Å². The summed E-state index contributed by atoms with van der Waals surface area (Å²) < 4.78 is 10.8. The first-order chi connectivity index (χ1) is 15.5. The summed E-state index contributed by atoms with van der Waals surface area (Å²) >= 11 is 8.99. The maximum atomic E-state index is 13.4. The lowest BCUT2D eigenvalue weighted by atomic mass is 10.2. The first-order valence-electron chi connectivity index (χ1n) is 9.98. The Hall–Kier alpha value is -2.33. The summed E-state index contributed by atoms with van der Waals surface area (Å²) in [7, 11) is 1.53. The van der Waals surface area contributed by atoms with Gasteiger partial charge in [0.05, 0.1) is 31.8 Å². The number of aliphatic imine (C=N–C) groups is 1. The van der Waals surface area contributed by atoms with E-state index < -0.39 is 0 Å². The number of amidine groups is 1. The van der Waals surface area contributed by atoms with Crippen molar-refractivity contribution >= 4 is 63.4 Å². The fourth-order valence-corrected chi connectivity index (χ4v) is 5.26. The number of rotatable bonds is 5. The number of benzene rings is 1. The molecule has 32 heavy (non-hydrogen) atoms. The molecule has 1 fully saturated rings. The third-order valence-corrected chi connectivity index (χ3v) is 7.19. The van der Waals surface area contributed by atoms with Crippen LogP contribution in [0.25, 0.3) is 6.08 Å². The maximum Gasteiger partial charge on any atom is 0.283 e. The largest absolute Gasteiger partial charge is 0.495 e. The molecule has 0 bridgehead atoms. The number of halogens is 1. The number of thioether (sulfide) groups is 1. The second-order valence-electron chi connectivity index (χ2n) is 7.13. The van der Waals surface area contributed by atoms with Crippen LogP contribution in [-0.4, -0.2) is 61.0 Å². The van der Waals surface area contributed by atoms with E-state index in [1.807, 2.05) is 18.4 Å². The molecule has 1 aromatic carbocycles. The number of nitrogens with zero attached hydrogens (tertiary/aromatic N) is 3. The molecule has 2 amide bonds. The highest BCUT2D eigenvalue weighted by molar-refractivity contribution is 8.14. The lowest BCUT2D eigenvalue weighted by molar-refractivity contribution is -0.132. The van der Waals surface area contributed by atoms with Crippen molar-refractivity contribution in [2.45, 2.75) is 6.92 Å². The van der Waals surface area contributed by atoms with Crippen LogP contribution in [0.2, 0.25) is 5.02 Å². The molecule has 0 radical (unpaired) electrons. The fraction of sp³-hybridized carbons (Fsp3) is 0.318. The Balaban J connectivity index is 1.65. The Kier molecular flexibility index (Phi) is 7.20. The minimum Gasteiger partial charge on any atom is -0.495 e. The van der Waals surface area contributed by atoms with Crippen molar-refractivity contribution in [3.8, 4) is 5.75 Å². The van der Waals surface area contributed by atoms with Gasteiger partial charge in [0.25, 0.3) is 5.91 Å². The van der Waals surface area contributed by atoms with Crippen molar-refractivity contribution in [2.75, 3.05) is 44.1 Å². The Morgan fingerprint density at radius 3 is 2.81 bits per heavy atom. The standard InChI is InChI=1S/C22H22ClN3O4S2/c1-14-5-10-31-19(14)12-16-21(28)26(17-11-15(23)3-4-18(17)29-2)22(24-16)32-13-20(27)25-6-8-30-9-7-25/h3-5,10-12H,6-9,13H2,1-2H3. The van der Waals surface area contributed by atoms with Crippen LogP contribution < -0.4 is 9.64 Å². The summed E-state index contributed by atoms with van der Waals surface area (Å²) in [5, 5.41) is 2.85. The number of carbonyl (C=O) groups is 2. The van der Waals surface area contributed by atoms with Gasteiger partial charge in [0.1, 0.15) is 11.4 Å². The van der Waals surface area contributed by atoms with Crippen LogP contribution >= 0.6 is 34.7 Å². The summed E-state index contributed by atoms with van der Waals surface area (Å²) in [4.78, 5) is 34.9. The third kappa shape index (κ3) is 4.85. The van der Waals surface area contributed by atoms with E-state index in [1.165, 1.54) is 23.8 Å². The summed E-state index contributed by atoms with van der Waals surface area (Å²) in [6.07, 6.45) is 1.78. The van der Waals surface area contributed by atoms with Crippen LogP contribution in [-0.2, 0) is 14.3 Å². The monoisotopic (exact) mass is 491 g/mol. The van der Waals surface area contributed by atoms with E-state index in [-0.39, 0.29) is 17.6 Å². The lowest BCUT2D eigenvalue weighted by Crippen LogP contribution is -2.42. The molecule has 168 valence electrons. The van der Waals surface area contributed by atoms with Gasteiger partial charge in [-0.1, -0.05) is 23.4 Å². The SMILES string of the molecule is COc1ccc(Cl)cc1N1C(=O)C(=Cc2sccc2C)N=C1SCC(=O)N1CCOCC1. The topological polar surface area (TPSA) is 71.4 Å². The van der Waals surface area contributed by atoms with Gasteiger partial charge in [-0.15, -0.1) is 11.3 Å². The van der Waals surface area contributed by atoms with Gasteiger partial charge in [-0.3, -0.25) is 9.59 Å². The molecule has 2 aromatic rings. The van der Waals surface area contributed by atoms with Crippen LogP contribution in [0.15, 0.2) is 40.3 Å². The van der Waals surface area contributed by atoms with Crippen molar-refractivity contribution in [1.29, 1.82) is 0 Å². The Morgan fingerprint density at radius 1 is 1.34 bits per heavy atom. The molecule has 0 aliphatic carbocycles. The van der Waals surface area contributed by atoms with Crippen LogP contribution in [0.4, 0.5) is 5.69 Å². The van der Waals surface area contributed by atoms with Crippen molar-refractivity contribution in [3.05, 3.63) is 50.8 Å². The Morgan fingerprint density at radius 2 is 2.12 bits per heavy atom. The quantitative estimate of drug-likeness (QED) is 0.590. The van der Waals surface area contributed by atoms with E-state index in [9.17, 15) is 9.59 Å². The predicted octanol–water partition coefficient (Wildman–Crippen LogP) is 4.05. The number of morpholine rings is 1. The highest BCUT2D eigenvalue weighted by Gasteiger charge is 2.35. The van der Waals surface area contributed by atoms with Crippen molar-refractivity contribution in [2.24, 2.45) is 4.99 Å². The van der Waals surface area contributed by atoms with Gasteiger partial charge in [-0.2, -0.15) is 0 Å². The fourth-order valence-electron chi connectivity index (χ4n) is 3.33. The maximum absolute atomic E-state index is 13.4. The molecule has 0 N–H and O–H groups in total. The average molecular weight is 492 g/mol. The number of thiophene rings is 1. The number of amides is 2. The van der Waals surface area contributed by atoms with Gasteiger partial charge < -0.3 is 14.4 Å². The molecule has 7 nitrogen and oxygen atoms in total. The molecular weight excluding hydrogens is 470 g/mol. The van der Waals surface area contributed by atoms with Crippen molar-refractivity contribution in [3.63, 3.8) is 0 Å². The molecule has 10 heteroatoms. The van der Waals surface area contributed by atoms with Gasteiger partial charge in [0.2, 0.25) is 5.91 Å². The average Bonchev–Trinajstić information content (AvgIpc) is 3.35. The van der Waals surface area contributed by atoms with E-state index in [0.29, 0.717) is 53.6 Å². The number of carbonyl (C=O) groups excluding carboxylic acids is 2. The third-order valence-electron chi connectivity index (χ3n) is 5.07. The van der Waals surface area contributed by atoms with Crippen LogP contribution in [0.5, 0.6) is 5.75 Å². The number of anilines is 1. The van der Waals surface area contributed by atoms with E-state index in [4.69, 9.17) is 21.1 Å². The molecule has 0 spiro atoms. The number of hydrogen-bond donors (Lipinski definition) is 0. The number of methoxy groups -OCH3 is 1. The van der Waals surface area contributed by atoms with Gasteiger partial charge in [-0.25, -0.2) is 9.89 Å². The molecule has 3 heterocycles. The molecular formula is C22H22ClN3O4S2. The van der Waals surface area contributed by atoms with E-state index >= 15 is 0 Å². The number of hydrogen-bond acceptors (Lipinski definition) is 7. The molecule has 2 aliphatic rings. The van der Waals surface area contributed by atoms with E-state index in [2.05, 4.69) is 4.99 Å². The zero-order valence-corrected chi connectivity index (χ0v) is 20.1. The molecule has 1 aromatic heterocycles. The highest BCUT2D eigenvalue weighted by Crippen LogP contribution is 2.37. The van der Waals surface area contributed by atoms with Gasteiger partial charge >= 0.3 is 0 Å². The smallest absolute Gasteiger partial charge is 0.283 e. The predicted molar refractivity (Wildman–Crippen MR) is 130 cm³/mol. The second-order valence-corrected chi connectivity index (χ2v) is 9.46. The van der Waals surface area contributed by atoms with E-state index in [0.717, 1.165) is 10.4 Å². The van der Waals surface area contributed by atoms with Gasteiger partial charge in [0.15, 0.2) is 5.17 Å². The van der Waals surface area contributed by atoms with Crippen molar-refractivity contribution in [1.82, 2.24) is 4.90 Å². The van der Waals surface area contributed by atoms with E-state index in [1.54, 1.807) is 40.5 Å². The molecule has 2 aliphatic heterocycles. The normalized spacial score (nSPS) is 17.8. The summed E-state index contributed by atoms with van der Waals surface area (Å²) in [5.74, 6) is 0.346. The summed E-state index contributed by atoms with van der Waals surface area (Å²) in [6.45, 7) is 4.20. The zero-order chi connectivity index (χ0) is 22.7.